The number of fused-ring (bicyclic) bond motifs is 1. The van der Waals surface area contributed by atoms with Crippen LogP contribution < -0.4 is 4.74 Å². The molecule has 1 aliphatic carbocycles. The molecule has 1 aromatic rings. The first-order valence-electron chi connectivity index (χ1n) is 4.90. The van der Waals surface area contributed by atoms with Gasteiger partial charge in [0.05, 0.1) is 7.11 Å². The number of aromatic hydroxyl groups is 1. The van der Waals surface area contributed by atoms with Crippen LogP contribution >= 0.6 is 0 Å². The van der Waals surface area contributed by atoms with Gasteiger partial charge in [-0.1, -0.05) is 13.8 Å². The first kappa shape index (κ1) is 10.0. The van der Waals surface area contributed by atoms with Crippen molar-refractivity contribution in [2.75, 3.05) is 7.11 Å². The van der Waals surface area contributed by atoms with Gasteiger partial charge in [0.2, 0.25) is 0 Å². The second-order valence-electron chi connectivity index (χ2n) is 4.55. The van der Waals surface area contributed by atoms with Crippen molar-refractivity contribution in [1.82, 2.24) is 0 Å². The number of rotatable bonds is 1. The lowest BCUT2D eigenvalue weighted by atomic mass is 9.86. The minimum Gasteiger partial charge on any atom is -0.504 e. The van der Waals surface area contributed by atoms with Crippen molar-refractivity contribution in [3.05, 3.63) is 23.3 Å². The molecule has 0 atom stereocenters. The van der Waals surface area contributed by atoms with Crippen molar-refractivity contribution < 1.29 is 14.6 Å². The third-order valence-electron chi connectivity index (χ3n) is 2.95. The van der Waals surface area contributed by atoms with Gasteiger partial charge in [-0.25, -0.2) is 0 Å². The fourth-order valence-corrected chi connectivity index (χ4v) is 2.11. The summed E-state index contributed by atoms with van der Waals surface area (Å²) in [5.74, 6) is 0.548. The standard InChI is InChI=1S/C12H14O3/c1-12(2)6-10(14)7-4-9(13)11(15-3)5-8(7)12/h4-5,13H,6H2,1-3H3. The van der Waals surface area contributed by atoms with Gasteiger partial charge >= 0.3 is 0 Å². The van der Waals surface area contributed by atoms with Crippen molar-refractivity contribution in [2.24, 2.45) is 0 Å². The molecule has 0 fully saturated rings. The molecule has 15 heavy (non-hydrogen) atoms. The normalized spacial score (nSPS) is 17.7. The maximum absolute atomic E-state index is 11.7. The molecular formula is C12H14O3. The monoisotopic (exact) mass is 206 g/mol. The average molecular weight is 206 g/mol. The van der Waals surface area contributed by atoms with Crippen molar-refractivity contribution in [1.29, 1.82) is 0 Å². The van der Waals surface area contributed by atoms with E-state index in [1.807, 2.05) is 13.8 Å². The molecule has 0 bridgehead atoms. The predicted octanol–water partition coefficient (Wildman–Crippen LogP) is 2.26. The Balaban J connectivity index is 2.66. The van der Waals surface area contributed by atoms with Gasteiger partial charge in [0, 0.05) is 12.0 Å². The first-order valence-corrected chi connectivity index (χ1v) is 4.90. The Bertz CT molecular complexity index is 433. The Kier molecular flexibility index (Phi) is 2.00. The van der Waals surface area contributed by atoms with Crippen molar-refractivity contribution in [3.8, 4) is 11.5 Å². The van der Waals surface area contributed by atoms with Gasteiger partial charge < -0.3 is 9.84 Å². The molecule has 0 radical (unpaired) electrons. The Morgan fingerprint density at radius 2 is 2.07 bits per heavy atom. The van der Waals surface area contributed by atoms with Gasteiger partial charge in [-0.2, -0.15) is 0 Å². The van der Waals surface area contributed by atoms with E-state index in [-0.39, 0.29) is 16.9 Å². The number of ketones is 1. The Labute approximate surface area is 88.7 Å². The molecule has 0 saturated heterocycles. The van der Waals surface area contributed by atoms with E-state index in [0.29, 0.717) is 17.7 Å². The summed E-state index contributed by atoms with van der Waals surface area (Å²) >= 11 is 0. The van der Waals surface area contributed by atoms with Crippen LogP contribution in [-0.2, 0) is 5.41 Å². The van der Waals surface area contributed by atoms with Gasteiger partial charge in [-0.05, 0) is 23.1 Å². The lowest BCUT2D eigenvalue weighted by Crippen LogP contribution is -2.12. The number of benzene rings is 1. The van der Waals surface area contributed by atoms with Crippen LogP contribution in [0.2, 0.25) is 0 Å². The number of hydrogen-bond acceptors (Lipinski definition) is 3. The van der Waals surface area contributed by atoms with Crippen LogP contribution in [0.5, 0.6) is 11.5 Å². The van der Waals surface area contributed by atoms with E-state index in [1.165, 1.54) is 13.2 Å². The number of ether oxygens (including phenoxy) is 1. The van der Waals surface area contributed by atoms with Crippen LogP contribution in [0.15, 0.2) is 12.1 Å². The molecule has 1 aliphatic rings. The zero-order valence-electron chi connectivity index (χ0n) is 9.13. The van der Waals surface area contributed by atoms with E-state index in [4.69, 9.17) is 4.74 Å². The summed E-state index contributed by atoms with van der Waals surface area (Å²) in [4.78, 5) is 11.7. The van der Waals surface area contributed by atoms with Gasteiger partial charge in [0.1, 0.15) is 0 Å². The molecule has 0 spiro atoms. The zero-order valence-corrected chi connectivity index (χ0v) is 9.13. The van der Waals surface area contributed by atoms with Crippen LogP contribution in [0.1, 0.15) is 36.2 Å². The summed E-state index contributed by atoms with van der Waals surface area (Å²) in [5, 5.41) is 9.59. The quantitative estimate of drug-likeness (QED) is 0.766. The molecule has 0 amide bonds. The van der Waals surface area contributed by atoms with Crippen LogP contribution in [0.3, 0.4) is 0 Å². The highest BCUT2D eigenvalue weighted by Crippen LogP contribution is 2.43. The number of hydrogen-bond donors (Lipinski definition) is 1. The second kappa shape index (κ2) is 2.99. The lowest BCUT2D eigenvalue weighted by Gasteiger charge is -2.18. The topological polar surface area (TPSA) is 46.5 Å². The number of methoxy groups -OCH3 is 1. The van der Waals surface area contributed by atoms with Crippen molar-refractivity contribution in [3.63, 3.8) is 0 Å². The SMILES string of the molecule is COc1cc2c(cc1O)C(=O)CC2(C)C. The van der Waals surface area contributed by atoms with E-state index in [0.717, 1.165) is 5.56 Å². The van der Waals surface area contributed by atoms with E-state index < -0.39 is 0 Å². The first-order chi connectivity index (χ1) is 6.95. The summed E-state index contributed by atoms with van der Waals surface area (Å²) in [7, 11) is 1.51. The fraction of sp³-hybridized carbons (Fsp3) is 0.417. The molecule has 1 aromatic carbocycles. The number of phenols is 1. The molecule has 3 nitrogen and oxygen atoms in total. The minimum atomic E-state index is -0.159. The molecule has 0 unspecified atom stereocenters. The predicted molar refractivity (Wildman–Crippen MR) is 56.6 cm³/mol. The molecule has 0 saturated carbocycles. The smallest absolute Gasteiger partial charge is 0.164 e. The number of Topliss-reactive ketones (excluding diaryl/α,β-unsaturated/α-hetero) is 1. The lowest BCUT2D eigenvalue weighted by molar-refractivity contribution is 0.0979. The summed E-state index contributed by atoms with van der Waals surface area (Å²) in [6.45, 7) is 4.04. The molecule has 0 heterocycles. The zero-order chi connectivity index (χ0) is 11.2. The summed E-state index contributed by atoms with van der Waals surface area (Å²) in [6, 6.07) is 3.26. The Morgan fingerprint density at radius 3 is 2.67 bits per heavy atom. The second-order valence-corrected chi connectivity index (χ2v) is 4.55. The van der Waals surface area contributed by atoms with Gasteiger partial charge in [-0.15, -0.1) is 0 Å². The molecule has 3 heteroatoms. The summed E-state index contributed by atoms with van der Waals surface area (Å²) in [6.07, 6.45) is 0.495. The molecular weight excluding hydrogens is 192 g/mol. The minimum absolute atomic E-state index is 0.0299. The number of carbonyl (C=O) groups is 1. The van der Waals surface area contributed by atoms with E-state index in [1.54, 1.807) is 6.07 Å². The Hall–Kier alpha value is -1.51. The molecule has 1 N–H and O–H groups in total. The third-order valence-corrected chi connectivity index (χ3v) is 2.95. The average Bonchev–Trinajstić information content (AvgIpc) is 2.36. The summed E-state index contributed by atoms with van der Waals surface area (Å²) < 4.78 is 5.04. The number of phenolic OH excluding ortho intramolecular Hbond substituents is 1. The van der Waals surface area contributed by atoms with Crippen LogP contribution in [-0.4, -0.2) is 18.0 Å². The van der Waals surface area contributed by atoms with Gasteiger partial charge in [0.15, 0.2) is 17.3 Å². The highest BCUT2D eigenvalue weighted by molar-refractivity contribution is 6.02. The maximum atomic E-state index is 11.7. The van der Waals surface area contributed by atoms with E-state index >= 15 is 0 Å². The largest absolute Gasteiger partial charge is 0.504 e. The maximum Gasteiger partial charge on any atom is 0.164 e. The molecule has 80 valence electrons. The fourth-order valence-electron chi connectivity index (χ4n) is 2.11. The van der Waals surface area contributed by atoms with E-state index in [2.05, 4.69) is 0 Å². The van der Waals surface area contributed by atoms with Crippen LogP contribution in [0.25, 0.3) is 0 Å². The summed E-state index contributed by atoms with van der Waals surface area (Å²) in [5.41, 5.74) is 1.42. The molecule has 0 aromatic heterocycles. The van der Waals surface area contributed by atoms with Crippen molar-refractivity contribution >= 4 is 5.78 Å². The van der Waals surface area contributed by atoms with Crippen molar-refractivity contribution in [2.45, 2.75) is 25.7 Å². The Morgan fingerprint density at radius 1 is 1.40 bits per heavy atom. The van der Waals surface area contributed by atoms with E-state index in [9.17, 15) is 9.90 Å². The highest BCUT2D eigenvalue weighted by atomic mass is 16.5. The van der Waals surface area contributed by atoms with Gasteiger partial charge in [0.25, 0.3) is 0 Å². The highest BCUT2D eigenvalue weighted by Gasteiger charge is 2.36. The van der Waals surface area contributed by atoms with Crippen LogP contribution in [0, 0.1) is 0 Å². The van der Waals surface area contributed by atoms with Crippen LogP contribution in [0.4, 0.5) is 0 Å². The van der Waals surface area contributed by atoms with Gasteiger partial charge in [-0.3, -0.25) is 4.79 Å². The third kappa shape index (κ3) is 1.39. The molecule has 2 rings (SSSR count). The molecule has 0 aliphatic heterocycles. The number of carbonyl (C=O) groups excluding carboxylic acids is 1.